The molecule has 2 heterocycles. The first-order chi connectivity index (χ1) is 13.5. The second-order valence-electron chi connectivity index (χ2n) is 6.89. The van der Waals surface area contributed by atoms with Gasteiger partial charge in [-0.1, -0.05) is 12.1 Å². The van der Waals surface area contributed by atoms with Crippen molar-refractivity contribution in [3.05, 3.63) is 65.6 Å². The van der Waals surface area contributed by atoms with Crippen LogP contribution in [0.2, 0.25) is 0 Å². The van der Waals surface area contributed by atoms with Gasteiger partial charge in [0.2, 0.25) is 0 Å². The largest absolute Gasteiger partial charge is 0.505 e. The molecule has 1 aliphatic carbocycles. The first-order valence-corrected chi connectivity index (χ1v) is 8.75. The highest BCUT2D eigenvalue weighted by Crippen LogP contribution is 2.39. The van der Waals surface area contributed by atoms with Crippen LogP contribution in [0.1, 0.15) is 17.2 Å². The third kappa shape index (κ3) is 2.41. The van der Waals surface area contributed by atoms with Gasteiger partial charge >= 0.3 is 0 Å². The summed E-state index contributed by atoms with van der Waals surface area (Å²) in [6.45, 7) is 0. The predicted molar refractivity (Wildman–Crippen MR) is 99.6 cm³/mol. The monoisotopic (exact) mass is 379 g/mol. The second-order valence-corrected chi connectivity index (χ2v) is 6.89. The molecule has 0 spiro atoms. The maximum atomic E-state index is 14.0. The zero-order chi connectivity index (χ0) is 19.4. The normalized spacial score (nSPS) is 15.9. The van der Waals surface area contributed by atoms with E-state index in [9.17, 15) is 13.9 Å². The third-order valence-electron chi connectivity index (χ3n) is 5.21. The van der Waals surface area contributed by atoms with Crippen LogP contribution >= 0.6 is 0 Å². The molecule has 140 valence electrons. The van der Waals surface area contributed by atoms with Gasteiger partial charge in [-0.2, -0.15) is 9.49 Å². The molecule has 2 aromatic carbocycles. The minimum atomic E-state index is -1.28. The number of halogens is 2. The van der Waals surface area contributed by atoms with E-state index < -0.39 is 17.4 Å². The number of benzene rings is 2. The van der Waals surface area contributed by atoms with Gasteiger partial charge < -0.3 is 10.8 Å². The number of rotatable bonds is 2. The number of nitrogens with two attached hydrogens (primary N) is 1. The lowest BCUT2D eigenvalue weighted by molar-refractivity contribution is 0.407. The van der Waals surface area contributed by atoms with Crippen LogP contribution < -0.4 is 5.73 Å². The van der Waals surface area contributed by atoms with Gasteiger partial charge in [-0.25, -0.2) is 14.4 Å². The molecule has 1 unspecified atom stereocenters. The van der Waals surface area contributed by atoms with Crippen molar-refractivity contribution in [1.82, 2.24) is 19.7 Å². The maximum absolute atomic E-state index is 14.0. The third-order valence-corrected chi connectivity index (χ3v) is 5.21. The zero-order valence-electron chi connectivity index (χ0n) is 14.6. The van der Waals surface area contributed by atoms with Gasteiger partial charge in [0.1, 0.15) is 6.33 Å². The van der Waals surface area contributed by atoms with E-state index in [0.717, 1.165) is 22.9 Å². The average molecular weight is 379 g/mol. The summed E-state index contributed by atoms with van der Waals surface area (Å²) in [6.07, 6.45) is 4.32. The van der Waals surface area contributed by atoms with E-state index >= 15 is 0 Å². The van der Waals surface area contributed by atoms with Gasteiger partial charge in [-0.15, -0.1) is 0 Å². The lowest BCUT2D eigenvalue weighted by Crippen LogP contribution is -2.12. The number of nitrogen functional groups attached to an aromatic ring is 1. The summed E-state index contributed by atoms with van der Waals surface area (Å²) >= 11 is 0. The van der Waals surface area contributed by atoms with E-state index in [4.69, 9.17) is 5.73 Å². The molecule has 0 saturated carbocycles. The molecule has 0 radical (unpaired) electrons. The minimum absolute atomic E-state index is 0.0702. The summed E-state index contributed by atoms with van der Waals surface area (Å²) in [5.74, 6) is -3.17. The Labute approximate surface area is 158 Å². The van der Waals surface area contributed by atoms with E-state index in [1.807, 2.05) is 18.2 Å². The molecule has 0 fully saturated rings. The summed E-state index contributed by atoms with van der Waals surface area (Å²) in [6, 6.07) is 7.97. The Hall–Kier alpha value is -3.55. The van der Waals surface area contributed by atoms with E-state index in [2.05, 4.69) is 15.1 Å². The van der Waals surface area contributed by atoms with Crippen LogP contribution in [0, 0.1) is 11.6 Å². The van der Waals surface area contributed by atoms with Crippen molar-refractivity contribution in [3.8, 4) is 17.0 Å². The fourth-order valence-corrected chi connectivity index (χ4v) is 3.94. The fraction of sp³-hybridized carbons (Fsp3) is 0.150. The lowest BCUT2D eigenvalue weighted by atomic mass is 10.1. The molecule has 1 aliphatic rings. The van der Waals surface area contributed by atoms with Crippen LogP contribution in [-0.4, -0.2) is 24.9 Å². The summed E-state index contributed by atoms with van der Waals surface area (Å²) < 4.78 is 29.4. The molecule has 0 aliphatic heterocycles. The SMILES string of the molecule is Nc1cccc2c1CC(n1nc3ncncc3c1-c1cc(O)c(F)c(F)c1)C2. The Morgan fingerprint density at radius 3 is 2.82 bits per heavy atom. The van der Waals surface area contributed by atoms with Crippen molar-refractivity contribution >= 4 is 16.7 Å². The Morgan fingerprint density at radius 2 is 2.04 bits per heavy atom. The molecule has 8 heteroatoms. The fourth-order valence-electron chi connectivity index (χ4n) is 3.94. The Balaban J connectivity index is 1.71. The summed E-state index contributed by atoms with van der Waals surface area (Å²) in [4.78, 5) is 8.23. The molecular formula is C20H15F2N5O. The number of nitrogens with zero attached hydrogens (tertiary/aromatic N) is 4. The Morgan fingerprint density at radius 1 is 1.18 bits per heavy atom. The van der Waals surface area contributed by atoms with Crippen molar-refractivity contribution < 1.29 is 13.9 Å². The topological polar surface area (TPSA) is 89.9 Å². The van der Waals surface area contributed by atoms with Gasteiger partial charge in [0.05, 0.1) is 17.1 Å². The zero-order valence-corrected chi connectivity index (χ0v) is 14.6. The molecule has 0 amide bonds. The van der Waals surface area contributed by atoms with Gasteiger partial charge in [0.25, 0.3) is 0 Å². The molecule has 2 aromatic heterocycles. The number of fused-ring (bicyclic) bond motifs is 2. The van der Waals surface area contributed by atoms with Crippen LogP contribution in [0.3, 0.4) is 0 Å². The van der Waals surface area contributed by atoms with Crippen LogP contribution in [0.4, 0.5) is 14.5 Å². The molecule has 0 saturated heterocycles. The van der Waals surface area contributed by atoms with Gasteiger partial charge in [-0.3, -0.25) is 4.68 Å². The van der Waals surface area contributed by atoms with Gasteiger partial charge in [-0.05, 0) is 42.2 Å². The van der Waals surface area contributed by atoms with Crippen LogP contribution in [-0.2, 0) is 12.8 Å². The van der Waals surface area contributed by atoms with Crippen molar-refractivity contribution in [2.24, 2.45) is 0 Å². The molecule has 3 N–H and O–H groups in total. The van der Waals surface area contributed by atoms with Gasteiger partial charge in [0.15, 0.2) is 23.0 Å². The molecular weight excluding hydrogens is 364 g/mol. The van der Waals surface area contributed by atoms with E-state index in [1.54, 1.807) is 10.9 Å². The van der Waals surface area contributed by atoms with E-state index in [1.165, 1.54) is 12.4 Å². The number of hydrogen-bond acceptors (Lipinski definition) is 5. The molecule has 28 heavy (non-hydrogen) atoms. The molecule has 6 nitrogen and oxygen atoms in total. The predicted octanol–water partition coefficient (Wildman–Crippen LogP) is 3.40. The Bertz CT molecular complexity index is 1210. The van der Waals surface area contributed by atoms with E-state index in [0.29, 0.717) is 35.1 Å². The Kier molecular flexibility index (Phi) is 3.55. The molecule has 0 bridgehead atoms. The molecule has 1 atom stereocenters. The maximum Gasteiger partial charge on any atom is 0.200 e. The summed E-state index contributed by atoms with van der Waals surface area (Å²) in [5.41, 5.74) is 10.3. The summed E-state index contributed by atoms with van der Waals surface area (Å²) in [5, 5.41) is 15.0. The number of anilines is 1. The average Bonchev–Trinajstić information content (AvgIpc) is 3.28. The second kappa shape index (κ2) is 5.98. The number of phenols is 1. The van der Waals surface area contributed by atoms with Crippen molar-refractivity contribution in [1.29, 1.82) is 0 Å². The lowest BCUT2D eigenvalue weighted by Gasteiger charge is -2.15. The van der Waals surface area contributed by atoms with Crippen molar-refractivity contribution in [2.45, 2.75) is 18.9 Å². The number of aromatic nitrogens is 4. The highest BCUT2D eigenvalue weighted by atomic mass is 19.2. The molecule has 5 rings (SSSR count). The quantitative estimate of drug-likeness (QED) is 0.521. The summed E-state index contributed by atoms with van der Waals surface area (Å²) in [7, 11) is 0. The van der Waals surface area contributed by atoms with Crippen molar-refractivity contribution in [3.63, 3.8) is 0 Å². The van der Waals surface area contributed by atoms with Crippen LogP contribution in [0.15, 0.2) is 42.9 Å². The van der Waals surface area contributed by atoms with E-state index in [-0.39, 0.29) is 6.04 Å². The number of hydrogen-bond donors (Lipinski definition) is 2. The van der Waals surface area contributed by atoms with Crippen LogP contribution in [0.5, 0.6) is 5.75 Å². The standard InChI is InChI=1S/C20H15F2N5O/c21-15-5-11(6-17(28)18(15)22)19-14-8-24-9-25-20(14)26-27(19)12-4-10-2-1-3-16(23)13(10)7-12/h1-3,5-6,8-9,12,28H,4,7,23H2. The van der Waals surface area contributed by atoms with Gasteiger partial charge in [0, 0.05) is 17.4 Å². The first kappa shape index (κ1) is 16.6. The highest BCUT2D eigenvalue weighted by Gasteiger charge is 2.29. The smallest absolute Gasteiger partial charge is 0.200 e. The minimum Gasteiger partial charge on any atom is -0.505 e. The van der Waals surface area contributed by atoms with Crippen LogP contribution in [0.25, 0.3) is 22.3 Å². The first-order valence-electron chi connectivity index (χ1n) is 8.75. The van der Waals surface area contributed by atoms with Crippen molar-refractivity contribution in [2.75, 3.05) is 5.73 Å². The molecule has 4 aromatic rings. The number of aromatic hydroxyl groups is 1. The number of phenolic OH excluding ortho intramolecular Hbond substituents is 1. The highest BCUT2D eigenvalue weighted by molar-refractivity contribution is 5.91.